The molecule has 0 saturated heterocycles. The molecule has 44 heavy (non-hydrogen) atoms. The minimum Gasteiger partial charge on any atom is -0.506 e. The second-order valence-corrected chi connectivity index (χ2v) is 11.4. The lowest BCUT2D eigenvalue weighted by Crippen LogP contribution is -2.48. The van der Waals surface area contributed by atoms with E-state index in [9.17, 15) is 9.90 Å². The van der Waals surface area contributed by atoms with Gasteiger partial charge in [-0.15, -0.1) is 0 Å². The Labute approximate surface area is 253 Å². The third kappa shape index (κ3) is 3.57. The van der Waals surface area contributed by atoms with Crippen LogP contribution < -0.4 is 37.2 Å². The maximum Gasteiger partial charge on any atom is 0.427 e. The van der Waals surface area contributed by atoms with Crippen molar-refractivity contribution in [2.24, 2.45) is 4.90 Å². The first-order chi connectivity index (χ1) is 21.7. The number of anilines is 3. The Balaban J connectivity index is 1.26. The van der Waals surface area contributed by atoms with Crippen molar-refractivity contribution in [1.82, 2.24) is 0 Å². The zero-order valence-electron chi connectivity index (χ0n) is 23.5. The quantitative estimate of drug-likeness (QED) is 0.239. The smallest absolute Gasteiger partial charge is 0.427 e. The van der Waals surface area contributed by atoms with Crippen LogP contribution in [-0.4, -0.2) is 24.9 Å². The second kappa shape index (κ2) is 9.38. The van der Waals surface area contributed by atoms with Crippen LogP contribution in [0.4, 0.5) is 17.1 Å². The molecule has 0 atom stereocenters. The molecule has 0 fully saturated rings. The number of ketones is 1. The Bertz CT molecular complexity index is 2360. The van der Waals surface area contributed by atoms with Gasteiger partial charge < -0.3 is 25.7 Å². The van der Waals surface area contributed by atoms with Crippen LogP contribution in [0.1, 0.15) is 5.56 Å². The highest BCUT2D eigenvalue weighted by atomic mass is 16.3. The number of carbonyl (C=O) groups is 1. The Morgan fingerprint density at radius 3 is 1.98 bits per heavy atom. The van der Waals surface area contributed by atoms with Crippen molar-refractivity contribution in [2.75, 3.05) is 15.7 Å². The summed E-state index contributed by atoms with van der Waals surface area (Å²) in [5.41, 5.74) is 6.18. The van der Waals surface area contributed by atoms with Crippen molar-refractivity contribution >= 4 is 80.4 Å². The van der Waals surface area contributed by atoms with Gasteiger partial charge in [0.2, 0.25) is 5.78 Å². The summed E-state index contributed by atoms with van der Waals surface area (Å²) in [6, 6.07) is 40.3. The first-order valence-corrected chi connectivity index (χ1v) is 14.7. The summed E-state index contributed by atoms with van der Waals surface area (Å²) >= 11 is 0. The maximum atomic E-state index is 14.1. The van der Waals surface area contributed by atoms with Crippen LogP contribution in [0.3, 0.4) is 0 Å². The van der Waals surface area contributed by atoms with E-state index in [1.807, 2.05) is 97.1 Å². The molecule has 0 spiro atoms. The van der Waals surface area contributed by atoms with Crippen LogP contribution in [0.2, 0.25) is 0 Å². The predicted octanol–water partition coefficient (Wildman–Crippen LogP) is 4.37. The summed E-state index contributed by atoms with van der Waals surface area (Å²) in [5, 5.41) is 27.8. The maximum absolute atomic E-state index is 14.1. The van der Waals surface area contributed by atoms with Crippen molar-refractivity contribution in [3.8, 4) is 0 Å². The Kier molecular flexibility index (Phi) is 5.29. The van der Waals surface area contributed by atoms with Crippen molar-refractivity contribution in [1.29, 1.82) is 0 Å². The van der Waals surface area contributed by atoms with Crippen LogP contribution in [0.25, 0.3) is 32.7 Å². The first-order valence-electron chi connectivity index (χ1n) is 14.7. The number of rotatable bonds is 3. The summed E-state index contributed by atoms with van der Waals surface area (Å²) in [4.78, 5) is 19.2. The van der Waals surface area contributed by atoms with E-state index < -0.39 is 0 Å². The lowest BCUT2D eigenvalue weighted by atomic mass is 9.65. The molecule has 0 radical (unpaired) electrons. The molecule has 1 aliphatic carbocycles. The largest absolute Gasteiger partial charge is 0.506 e. The Morgan fingerprint density at radius 2 is 1.25 bits per heavy atom. The van der Waals surface area contributed by atoms with Gasteiger partial charge in [-0.2, -0.15) is 0 Å². The van der Waals surface area contributed by atoms with Gasteiger partial charge in [0.15, 0.2) is 0 Å². The molecule has 6 aromatic rings. The third-order valence-electron chi connectivity index (χ3n) is 8.92. The summed E-state index contributed by atoms with van der Waals surface area (Å²) in [6.45, 7) is -0.506. The average molecular weight is 566 g/mol. The van der Waals surface area contributed by atoms with Gasteiger partial charge in [0.05, 0.1) is 16.5 Å². The molecule has 9 rings (SSSR count). The highest BCUT2D eigenvalue weighted by Crippen LogP contribution is 2.45. The van der Waals surface area contributed by atoms with Gasteiger partial charge in [0, 0.05) is 38.6 Å². The van der Waals surface area contributed by atoms with Crippen LogP contribution in [-0.2, 0) is 4.79 Å². The van der Waals surface area contributed by atoms with E-state index in [-0.39, 0.29) is 25.5 Å². The fourth-order valence-corrected chi connectivity index (χ4v) is 6.83. The van der Waals surface area contributed by atoms with Gasteiger partial charge in [-0.3, -0.25) is 4.79 Å². The molecule has 206 valence electrons. The lowest BCUT2D eigenvalue weighted by molar-refractivity contribution is -0.109. The minimum absolute atomic E-state index is 0.00208. The molecule has 0 amide bonds. The van der Waals surface area contributed by atoms with E-state index in [4.69, 9.17) is 4.90 Å². The highest BCUT2D eigenvalue weighted by molar-refractivity contribution is 6.80. The van der Waals surface area contributed by atoms with E-state index in [1.54, 1.807) is 0 Å². The number of hydrogen-bond acceptors (Lipinski definition) is 6. The molecule has 4 N–H and O–H groups in total. The van der Waals surface area contributed by atoms with Gasteiger partial charge in [-0.25, -0.2) is 0 Å². The molecule has 3 aliphatic rings. The summed E-state index contributed by atoms with van der Waals surface area (Å²) in [7, 11) is 0. The van der Waals surface area contributed by atoms with E-state index >= 15 is 0 Å². The van der Waals surface area contributed by atoms with Gasteiger partial charge in [0.25, 0.3) is 0 Å². The number of Topliss-reactive ketones (excluding diaryl/α,β-unsaturated/α-hetero) is 1. The number of allylic oxidation sites excluding steroid dienone is 2. The summed E-state index contributed by atoms with van der Waals surface area (Å²) in [5.74, 6) is -0.192. The van der Waals surface area contributed by atoms with E-state index in [2.05, 4.69) is 39.9 Å². The Hall–Kier alpha value is -5.75. The molecule has 6 nitrogen and oxygen atoms in total. The van der Waals surface area contributed by atoms with Crippen LogP contribution >= 0.6 is 0 Å². The normalized spacial score (nSPS) is 16.2. The number of nitrogens with one attached hydrogen (secondary N) is 3. The fraction of sp³-hybridized carbons (Fsp3) is 0. The van der Waals surface area contributed by atoms with Gasteiger partial charge in [0.1, 0.15) is 5.76 Å². The molecule has 0 bridgehead atoms. The number of carbonyl (C=O) groups excluding carboxylic acids is 1. The molecular weight excluding hydrogens is 542 g/mol. The SMILES string of the molecule is O=C1C(c2ccc3cccc4c3c2NB(c2ccccc2)N4)=C(O)C1=c1ccc2cccc3c2c1=NB(c1ccccc1)N3. The fourth-order valence-electron chi connectivity index (χ4n) is 6.83. The molecule has 0 aromatic heterocycles. The van der Waals surface area contributed by atoms with E-state index in [0.29, 0.717) is 27.3 Å². The molecule has 0 saturated carbocycles. The molecular formula is C36H24B2N4O2. The number of nitrogens with zero attached hydrogens (tertiary/aromatic N) is 1. The summed E-state index contributed by atoms with van der Waals surface area (Å²) in [6.07, 6.45) is 0. The zero-order valence-corrected chi connectivity index (χ0v) is 23.5. The first kappa shape index (κ1) is 24.8. The predicted molar refractivity (Wildman–Crippen MR) is 181 cm³/mol. The molecule has 0 unspecified atom stereocenters. The molecule has 2 aliphatic heterocycles. The van der Waals surface area contributed by atoms with Gasteiger partial charge in [-0.05, 0) is 33.8 Å². The monoisotopic (exact) mass is 566 g/mol. The number of benzene rings is 6. The third-order valence-corrected chi connectivity index (χ3v) is 8.92. The van der Waals surface area contributed by atoms with Gasteiger partial charge in [-0.1, -0.05) is 109 Å². The van der Waals surface area contributed by atoms with Crippen molar-refractivity contribution in [2.45, 2.75) is 0 Å². The molecule has 8 heteroatoms. The second-order valence-electron chi connectivity index (χ2n) is 11.4. The van der Waals surface area contributed by atoms with Crippen LogP contribution in [0.5, 0.6) is 0 Å². The van der Waals surface area contributed by atoms with Crippen molar-refractivity contribution in [3.63, 3.8) is 0 Å². The lowest BCUT2D eigenvalue weighted by Gasteiger charge is -2.31. The topological polar surface area (TPSA) is 85.8 Å². The van der Waals surface area contributed by atoms with Crippen LogP contribution in [0.15, 0.2) is 132 Å². The minimum atomic E-state index is -0.313. The number of hydrogen-bond donors (Lipinski definition) is 4. The van der Waals surface area contributed by atoms with Gasteiger partial charge >= 0.3 is 14.0 Å². The number of aliphatic hydroxyl groups is 1. The van der Waals surface area contributed by atoms with E-state index in [0.717, 1.165) is 49.5 Å². The molecule has 6 aromatic carbocycles. The van der Waals surface area contributed by atoms with Crippen molar-refractivity contribution in [3.05, 3.63) is 143 Å². The average Bonchev–Trinajstić information content (AvgIpc) is 3.08. The molecule has 2 heterocycles. The zero-order chi connectivity index (χ0) is 29.4. The summed E-state index contributed by atoms with van der Waals surface area (Å²) < 4.78 is 0. The highest BCUT2D eigenvalue weighted by Gasteiger charge is 2.39. The Morgan fingerprint density at radius 1 is 0.591 bits per heavy atom. The van der Waals surface area contributed by atoms with Crippen molar-refractivity contribution < 1.29 is 9.90 Å². The van der Waals surface area contributed by atoms with Crippen LogP contribution in [0, 0.1) is 0 Å². The van der Waals surface area contributed by atoms with E-state index in [1.165, 1.54) is 0 Å². The standard InChI is InChI=1S/C36H24B2N4O2/c43-35-31(25-19-17-21-9-7-15-27-29(21)33(25)41-37(39-27)23-11-3-1-4-12-23)36(44)32(35)26-20-18-22-10-8-16-28-30(22)34(26)42-38(40-28)24-13-5-2-6-14-24/h1-20,39-41,43H. The number of aliphatic hydroxyl groups excluding tert-OH is 1.